The molecule has 2 rings (SSSR count). The molecule has 0 saturated heterocycles. The summed E-state index contributed by atoms with van der Waals surface area (Å²) >= 11 is 12.0. The molecule has 1 aromatic heterocycles. The van der Waals surface area contributed by atoms with Crippen LogP contribution in [0.4, 0.5) is 0 Å². The standard InChI is InChI=1S/C14H10Cl2O2/c1-9(17)5-6-10-7-8-13(18-10)11-3-2-4-12(15)14(11)16/h2-8H,1H3/b6-5+. The van der Waals surface area contributed by atoms with Gasteiger partial charge in [-0.1, -0.05) is 29.3 Å². The van der Waals surface area contributed by atoms with E-state index in [2.05, 4.69) is 0 Å². The maximum Gasteiger partial charge on any atom is 0.152 e. The first-order chi connectivity index (χ1) is 8.58. The Labute approximate surface area is 115 Å². The first kappa shape index (κ1) is 12.9. The fraction of sp³-hybridized carbons (Fsp3) is 0.0714. The molecule has 0 N–H and O–H groups in total. The minimum atomic E-state index is -0.0336. The molecule has 0 fully saturated rings. The highest BCUT2D eigenvalue weighted by Gasteiger charge is 2.09. The van der Waals surface area contributed by atoms with Crippen LogP contribution < -0.4 is 0 Å². The van der Waals surface area contributed by atoms with Crippen LogP contribution in [0.2, 0.25) is 10.0 Å². The van der Waals surface area contributed by atoms with Gasteiger partial charge in [-0.3, -0.25) is 4.79 Å². The Morgan fingerprint density at radius 1 is 1.22 bits per heavy atom. The van der Waals surface area contributed by atoms with E-state index in [9.17, 15) is 4.79 Å². The van der Waals surface area contributed by atoms with Crippen molar-refractivity contribution in [3.05, 3.63) is 52.2 Å². The number of ketones is 1. The van der Waals surface area contributed by atoms with Crippen LogP contribution in [0.1, 0.15) is 12.7 Å². The van der Waals surface area contributed by atoms with Gasteiger partial charge in [-0.2, -0.15) is 0 Å². The largest absolute Gasteiger partial charge is 0.457 e. The first-order valence-corrected chi connectivity index (χ1v) is 6.06. The Bertz CT molecular complexity index is 612. The van der Waals surface area contributed by atoms with Gasteiger partial charge in [0.1, 0.15) is 11.5 Å². The molecular formula is C14H10Cl2O2. The van der Waals surface area contributed by atoms with Gasteiger partial charge in [-0.25, -0.2) is 0 Å². The highest BCUT2D eigenvalue weighted by Crippen LogP contribution is 2.34. The van der Waals surface area contributed by atoms with Crippen molar-refractivity contribution in [3.63, 3.8) is 0 Å². The third-order valence-corrected chi connectivity index (χ3v) is 3.15. The van der Waals surface area contributed by atoms with Gasteiger partial charge in [-0.15, -0.1) is 0 Å². The van der Waals surface area contributed by atoms with E-state index in [1.165, 1.54) is 13.0 Å². The minimum absolute atomic E-state index is 0.0336. The molecular weight excluding hydrogens is 271 g/mol. The monoisotopic (exact) mass is 280 g/mol. The van der Waals surface area contributed by atoms with Crippen LogP contribution in [-0.2, 0) is 4.79 Å². The summed E-state index contributed by atoms with van der Waals surface area (Å²) in [4.78, 5) is 10.8. The van der Waals surface area contributed by atoms with Crippen molar-refractivity contribution in [2.24, 2.45) is 0 Å². The Balaban J connectivity index is 2.35. The van der Waals surface area contributed by atoms with E-state index in [1.54, 1.807) is 30.3 Å². The quantitative estimate of drug-likeness (QED) is 0.752. The minimum Gasteiger partial charge on any atom is -0.457 e. The molecule has 1 heterocycles. The number of allylic oxidation sites excluding steroid dienone is 1. The van der Waals surface area contributed by atoms with E-state index in [1.807, 2.05) is 6.07 Å². The highest BCUT2D eigenvalue weighted by molar-refractivity contribution is 6.43. The molecule has 0 aliphatic heterocycles. The summed E-state index contributed by atoms with van der Waals surface area (Å²) in [6, 6.07) is 8.90. The molecule has 0 unspecified atom stereocenters. The molecule has 0 saturated carbocycles. The maximum absolute atomic E-state index is 10.8. The Morgan fingerprint density at radius 2 is 2.00 bits per heavy atom. The predicted molar refractivity (Wildman–Crippen MR) is 73.9 cm³/mol. The lowest BCUT2D eigenvalue weighted by Gasteiger charge is -2.01. The average Bonchev–Trinajstić information content (AvgIpc) is 2.78. The van der Waals surface area contributed by atoms with Gasteiger partial charge >= 0.3 is 0 Å². The number of hydrogen-bond acceptors (Lipinski definition) is 2. The topological polar surface area (TPSA) is 30.2 Å². The number of halogens is 2. The second-order valence-corrected chi connectivity index (χ2v) is 4.53. The van der Waals surface area contributed by atoms with E-state index in [4.69, 9.17) is 27.6 Å². The molecule has 0 atom stereocenters. The van der Waals surface area contributed by atoms with Gasteiger partial charge in [0.2, 0.25) is 0 Å². The zero-order valence-corrected chi connectivity index (χ0v) is 11.1. The molecule has 18 heavy (non-hydrogen) atoms. The van der Waals surface area contributed by atoms with Crippen LogP contribution in [0.5, 0.6) is 0 Å². The molecule has 0 radical (unpaired) electrons. The second kappa shape index (κ2) is 5.42. The van der Waals surface area contributed by atoms with Crippen LogP contribution in [0.15, 0.2) is 40.8 Å². The van der Waals surface area contributed by atoms with Crippen molar-refractivity contribution in [3.8, 4) is 11.3 Å². The zero-order valence-electron chi connectivity index (χ0n) is 9.61. The van der Waals surface area contributed by atoms with Crippen LogP contribution in [0, 0.1) is 0 Å². The van der Waals surface area contributed by atoms with E-state index in [0.29, 0.717) is 21.6 Å². The molecule has 0 bridgehead atoms. The van der Waals surface area contributed by atoms with Crippen molar-refractivity contribution in [1.82, 2.24) is 0 Å². The zero-order chi connectivity index (χ0) is 13.1. The summed E-state index contributed by atoms with van der Waals surface area (Å²) in [6.07, 6.45) is 3.06. The molecule has 0 amide bonds. The lowest BCUT2D eigenvalue weighted by atomic mass is 10.2. The normalized spacial score (nSPS) is 11.1. The van der Waals surface area contributed by atoms with Crippen molar-refractivity contribution in [2.45, 2.75) is 6.92 Å². The molecule has 2 nitrogen and oxygen atoms in total. The van der Waals surface area contributed by atoms with E-state index in [-0.39, 0.29) is 5.78 Å². The molecule has 0 spiro atoms. The predicted octanol–water partition coefficient (Wildman–Crippen LogP) is 4.86. The third-order valence-electron chi connectivity index (χ3n) is 2.33. The van der Waals surface area contributed by atoms with Crippen LogP contribution in [0.3, 0.4) is 0 Å². The van der Waals surface area contributed by atoms with Gasteiger partial charge < -0.3 is 4.42 Å². The highest BCUT2D eigenvalue weighted by atomic mass is 35.5. The Kier molecular flexibility index (Phi) is 3.90. The summed E-state index contributed by atoms with van der Waals surface area (Å²) in [7, 11) is 0. The number of hydrogen-bond donors (Lipinski definition) is 0. The number of carbonyl (C=O) groups excluding carboxylic acids is 1. The van der Waals surface area contributed by atoms with Gasteiger partial charge in [0.25, 0.3) is 0 Å². The smallest absolute Gasteiger partial charge is 0.152 e. The second-order valence-electron chi connectivity index (χ2n) is 3.75. The van der Waals surface area contributed by atoms with Gasteiger partial charge in [0, 0.05) is 5.56 Å². The maximum atomic E-state index is 10.8. The number of carbonyl (C=O) groups is 1. The third kappa shape index (κ3) is 2.84. The molecule has 0 aliphatic rings. The molecule has 0 aliphatic carbocycles. The molecule has 4 heteroatoms. The molecule has 92 valence electrons. The Hall–Kier alpha value is -1.51. The lowest BCUT2D eigenvalue weighted by Crippen LogP contribution is -1.78. The summed E-state index contributed by atoms with van der Waals surface area (Å²) in [5.41, 5.74) is 0.728. The van der Waals surface area contributed by atoms with Gasteiger partial charge in [0.05, 0.1) is 10.0 Å². The average molecular weight is 281 g/mol. The summed E-state index contributed by atoms with van der Waals surface area (Å²) in [5, 5.41) is 0.932. The summed E-state index contributed by atoms with van der Waals surface area (Å²) in [6.45, 7) is 1.48. The SMILES string of the molecule is CC(=O)/C=C/c1ccc(-c2cccc(Cl)c2Cl)o1. The van der Waals surface area contributed by atoms with Crippen molar-refractivity contribution in [2.75, 3.05) is 0 Å². The van der Waals surface area contributed by atoms with E-state index >= 15 is 0 Å². The number of rotatable bonds is 3. The van der Waals surface area contributed by atoms with E-state index < -0.39 is 0 Å². The van der Waals surface area contributed by atoms with Crippen LogP contribution in [-0.4, -0.2) is 5.78 Å². The summed E-state index contributed by atoms with van der Waals surface area (Å²) < 4.78 is 5.57. The van der Waals surface area contributed by atoms with Gasteiger partial charge in [0.15, 0.2) is 5.78 Å². The van der Waals surface area contributed by atoms with Crippen molar-refractivity contribution in [1.29, 1.82) is 0 Å². The molecule has 2 aromatic rings. The van der Waals surface area contributed by atoms with E-state index in [0.717, 1.165) is 5.56 Å². The number of benzene rings is 1. The Morgan fingerprint density at radius 3 is 2.72 bits per heavy atom. The van der Waals surface area contributed by atoms with Crippen LogP contribution >= 0.6 is 23.2 Å². The fourth-order valence-corrected chi connectivity index (χ4v) is 1.87. The van der Waals surface area contributed by atoms with Crippen molar-refractivity contribution >= 4 is 35.1 Å². The lowest BCUT2D eigenvalue weighted by molar-refractivity contribution is -0.112. The van der Waals surface area contributed by atoms with Gasteiger partial charge in [-0.05, 0) is 43.3 Å². The number of furan rings is 1. The van der Waals surface area contributed by atoms with Crippen molar-refractivity contribution < 1.29 is 9.21 Å². The fourth-order valence-electron chi connectivity index (χ4n) is 1.48. The summed E-state index contributed by atoms with van der Waals surface area (Å²) in [5.74, 6) is 1.18. The molecule has 1 aromatic carbocycles. The van der Waals surface area contributed by atoms with Crippen LogP contribution in [0.25, 0.3) is 17.4 Å². The first-order valence-electron chi connectivity index (χ1n) is 5.31.